The highest BCUT2D eigenvalue weighted by atomic mass is 16.2. The van der Waals surface area contributed by atoms with Gasteiger partial charge in [-0.1, -0.05) is 62.4 Å². The van der Waals surface area contributed by atoms with Crippen molar-refractivity contribution in [1.82, 2.24) is 37.4 Å². The van der Waals surface area contributed by atoms with E-state index in [9.17, 15) is 19.2 Å². The van der Waals surface area contributed by atoms with Crippen LogP contribution in [-0.2, 0) is 38.7 Å². The van der Waals surface area contributed by atoms with Crippen molar-refractivity contribution in [2.24, 2.45) is 40.3 Å². The molecule has 0 spiro atoms. The molecule has 0 heterocycles. The summed E-state index contributed by atoms with van der Waals surface area (Å²) in [5.74, 6) is -2.76. The fraction of sp³-hybridized carbons (Fsp3) is 0.486. The van der Waals surface area contributed by atoms with E-state index in [1.807, 2.05) is 0 Å². The molecule has 2 aromatic rings. The van der Waals surface area contributed by atoms with Gasteiger partial charge in [0.25, 0.3) is 0 Å². The second-order valence-electron chi connectivity index (χ2n) is 13.2. The van der Waals surface area contributed by atoms with Gasteiger partial charge in [0.2, 0.25) is 23.4 Å². The Balaban J connectivity index is 2.15. The summed E-state index contributed by atoms with van der Waals surface area (Å²) >= 11 is 0. The third-order valence-electron chi connectivity index (χ3n) is 8.29. The molecule has 21 N–H and O–H groups in total. The van der Waals surface area contributed by atoms with Gasteiger partial charge in [0.15, 0.2) is 5.96 Å². The maximum atomic E-state index is 13.7. The number of nitrogens with one attached hydrogen (secondary N) is 9. The molecule has 298 valence electrons. The van der Waals surface area contributed by atoms with Crippen molar-refractivity contribution in [3.63, 3.8) is 0 Å². The Labute approximate surface area is 316 Å². The molecule has 19 heteroatoms. The number of hydrogen-bond acceptors (Lipinski definition) is 14. The maximum absolute atomic E-state index is 13.7. The first kappa shape index (κ1) is 45.3. The maximum Gasteiger partial charge on any atom is 0.242 e. The van der Waals surface area contributed by atoms with Crippen LogP contribution in [0.15, 0.2) is 48.5 Å². The predicted molar refractivity (Wildman–Crippen MR) is 208 cm³/mol. The van der Waals surface area contributed by atoms with Crippen LogP contribution in [0.2, 0.25) is 0 Å². The van der Waals surface area contributed by atoms with Gasteiger partial charge in [0.05, 0.1) is 6.04 Å². The third kappa shape index (κ3) is 17.3. The Morgan fingerprint density at radius 2 is 1.17 bits per heavy atom. The van der Waals surface area contributed by atoms with Gasteiger partial charge in [0.1, 0.15) is 30.5 Å². The highest BCUT2D eigenvalue weighted by Crippen LogP contribution is 2.10. The van der Waals surface area contributed by atoms with E-state index in [0.717, 1.165) is 11.1 Å². The van der Waals surface area contributed by atoms with Crippen molar-refractivity contribution in [2.45, 2.75) is 89.7 Å². The molecule has 2 aromatic carbocycles. The SMILES string of the molecule is CC(C)[C@H](NN[C@@H](CCCNC(N)N)C(=O)C(=O)Cc1ccc(CNC(=N)N)cc1)C(=O)N[C@@H](CCCNC(N)N)C(=O)NCc1ccc(C(=N)N)cc1. The van der Waals surface area contributed by atoms with E-state index in [2.05, 4.69) is 37.4 Å². The molecule has 0 bridgehead atoms. The van der Waals surface area contributed by atoms with Gasteiger partial charge in [-0.3, -0.25) is 40.6 Å². The fourth-order valence-electron chi connectivity index (χ4n) is 5.23. The second-order valence-corrected chi connectivity index (χ2v) is 13.2. The van der Waals surface area contributed by atoms with Crippen molar-refractivity contribution >= 4 is 35.2 Å². The van der Waals surface area contributed by atoms with Crippen LogP contribution in [0.5, 0.6) is 0 Å². The normalized spacial score (nSPS) is 13.0. The summed E-state index contributed by atoms with van der Waals surface area (Å²) in [6, 6.07) is 11.0. The number of benzene rings is 2. The number of carbonyl (C=O) groups excluding carboxylic acids is 4. The first-order valence-corrected chi connectivity index (χ1v) is 17.8. The summed E-state index contributed by atoms with van der Waals surface area (Å²) in [6.45, 7) is 4.90. The zero-order valence-corrected chi connectivity index (χ0v) is 31.0. The lowest BCUT2D eigenvalue weighted by molar-refractivity contribution is -0.138. The van der Waals surface area contributed by atoms with E-state index in [-0.39, 0.29) is 43.5 Å². The largest absolute Gasteiger partial charge is 0.384 e. The zero-order valence-electron chi connectivity index (χ0n) is 31.0. The number of rotatable bonds is 26. The number of hydrazine groups is 1. The van der Waals surface area contributed by atoms with Crippen LogP contribution in [0.4, 0.5) is 0 Å². The number of guanidine groups is 1. The molecule has 0 saturated carbocycles. The van der Waals surface area contributed by atoms with E-state index in [0.29, 0.717) is 43.6 Å². The average Bonchev–Trinajstić information content (AvgIpc) is 3.11. The van der Waals surface area contributed by atoms with Crippen LogP contribution in [0, 0.1) is 16.7 Å². The van der Waals surface area contributed by atoms with Crippen molar-refractivity contribution < 1.29 is 19.2 Å². The lowest BCUT2D eigenvalue weighted by atomic mass is 9.98. The van der Waals surface area contributed by atoms with Crippen LogP contribution < -0.4 is 71.8 Å². The summed E-state index contributed by atoms with van der Waals surface area (Å²) in [5.41, 5.74) is 41.9. The number of Topliss-reactive ketones (excluding diaryl/α,β-unsaturated/α-hetero) is 2. The van der Waals surface area contributed by atoms with E-state index in [4.69, 9.17) is 45.2 Å². The molecule has 0 radical (unpaired) electrons. The molecule has 2 rings (SSSR count). The van der Waals surface area contributed by atoms with Gasteiger partial charge in [-0.05, 0) is 61.4 Å². The first-order valence-electron chi connectivity index (χ1n) is 17.8. The third-order valence-corrected chi connectivity index (χ3v) is 8.29. The Kier molecular flexibility index (Phi) is 19.9. The summed E-state index contributed by atoms with van der Waals surface area (Å²) in [5, 5.41) is 29.0. The van der Waals surface area contributed by atoms with Crippen molar-refractivity contribution in [3.05, 3.63) is 70.8 Å². The van der Waals surface area contributed by atoms with Gasteiger partial charge in [-0.2, -0.15) is 0 Å². The zero-order chi connectivity index (χ0) is 40.2. The standard InChI is InChI=1S/C35H59N15O4/c1-20(2)28(32(54)48-26(6-4-16-45-34(40)41)31(53)46-18-23-11-13-24(14-12-23)30(36)37)50-49-25(5-3-15-44-33(38)39)29(52)27(51)17-21-7-9-22(10-8-21)19-47-35(42)43/h7-14,20,25-26,28,33-34,44-45,49-50H,3-6,15-19,38-41H2,1-2H3,(H3,36,37)(H,46,53)(H,48,54)(H4,42,43,47)/t25-,26-,28-/m0/s1. The van der Waals surface area contributed by atoms with Crippen molar-refractivity contribution in [2.75, 3.05) is 13.1 Å². The number of amides is 2. The van der Waals surface area contributed by atoms with Crippen molar-refractivity contribution in [3.8, 4) is 0 Å². The van der Waals surface area contributed by atoms with Gasteiger partial charge in [-0.25, -0.2) is 10.9 Å². The smallest absolute Gasteiger partial charge is 0.242 e. The van der Waals surface area contributed by atoms with Crippen LogP contribution in [0.3, 0.4) is 0 Å². The molecule has 19 nitrogen and oxygen atoms in total. The first-order chi connectivity index (χ1) is 25.6. The molecule has 0 aliphatic heterocycles. The van der Waals surface area contributed by atoms with Crippen LogP contribution in [0.25, 0.3) is 0 Å². The Morgan fingerprint density at radius 3 is 1.67 bits per heavy atom. The Morgan fingerprint density at radius 1 is 0.667 bits per heavy atom. The monoisotopic (exact) mass is 753 g/mol. The molecule has 0 unspecified atom stereocenters. The number of nitrogens with two attached hydrogens (primary N) is 6. The molecule has 0 fully saturated rings. The van der Waals surface area contributed by atoms with Gasteiger partial charge >= 0.3 is 0 Å². The van der Waals surface area contributed by atoms with E-state index < -0.39 is 54.1 Å². The molecule has 2 amide bonds. The second kappa shape index (κ2) is 23.7. The lowest BCUT2D eigenvalue weighted by Gasteiger charge is -2.28. The minimum Gasteiger partial charge on any atom is -0.384 e. The molecule has 0 saturated heterocycles. The lowest BCUT2D eigenvalue weighted by Crippen LogP contribution is -2.60. The molecular formula is C35H59N15O4. The molecular weight excluding hydrogens is 694 g/mol. The highest BCUT2D eigenvalue weighted by Gasteiger charge is 2.30. The summed E-state index contributed by atoms with van der Waals surface area (Å²) in [4.78, 5) is 53.8. The number of amidine groups is 1. The number of ketones is 2. The summed E-state index contributed by atoms with van der Waals surface area (Å²) < 4.78 is 0. The van der Waals surface area contributed by atoms with E-state index in [1.54, 1.807) is 62.4 Å². The number of carbonyl (C=O) groups is 4. The fourth-order valence-corrected chi connectivity index (χ4v) is 5.23. The minimum atomic E-state index is -0.999. The van der Waals surface area contributed by atoms with Crippen LogP contribution in [0.1, 0.15) is 61.8 Å². The molecule has 0 aliphatic carbocycles. The van der Waals surface area contributed by atoms with E-state index >= 15 is 0 Å². The highest BCUT2D eigenvalue weighted by molar-refractivity contribution is 6.39. The van der Waals surface area contributed by atoms with Crippen molar-refractivity contribution in [1.29, 1.82) is 10.8 Å². The van der Waals surface area contributed by atoms with Gasteiger partial charge in [-0.15, -0.1) is 0 Å². The summed E-state index contributed by atoms with van der Waals surface area (Å²) in [7, 11) is 0. The van der Waals surface area contributed by atoms with Crippen LogP contribution >= 0.6 is 0 Å². The number of hydrogen-bond donors (Lipinski definition) is 15. The molecule has 0 aromatic heterocycles. The Bertz CT molecular complexity index is 1520. The topological polar surface area (TPSA) is 356 Å². The minimum absolute atomic E-state index is 0.0692. The molecule has 0 aliphatic rings. The van der Waals surface area contributed by atoms with Crippen LogP contribution in [-0.4, -0.2) is 79.0 Å². The summed E-state index contributed by atoms with van der Waals surface area (Å²) in [6.07, 6.45) is -0.259. The number of nitrogen functional groups attached to an aromatic ring is 1. The average molecular weight is 754 g/mol. The van der Waals surface area contributed by atoms with Gasteiger partial charge < -0.3 is 50.4 Å². The van der Waals surface area contributed by atoms with Gasteiger partial charge in [0, 0.05) is 25.1 Å². The Hall–Kier alpha value is -4.86. The quantitative estimate of drug-likeness (QED) is 0.0114. The molecule has 54 heavy (non-hydrogen) atoms. The molecule has 3 atom stereocenters. The predicted octanol–water partition coefficient (Wildman–Crippen LogP) is -2.94. The van der Waals surface area contributed by atoms with E-state index in [1.165, 1.54) is 0 Å².